The molecule has 1 atom stereocenters. The van der Waals surface area contributed by atoms with E-state index in [0.717, 1.165) is 16.8 Å². The van der Waals surface area contributed by atoms with Gasteiger partial charge in [0.1, 0.15) is 17.4 Å². The van der Waals surface area contributed by atoms with Crippen LogP contribution in [0.3, 0.4) is 0 Å². The molecule has 7 heteroatoms. The third-order valence-corrected chi connectivity index (χ3v) is 5.75. The van der Waals surface area contributed by atoms with Crippen LogP contribution in [-0.2, 0) is 0 Å². The number of carbonyl (C=O) groups is 1. The van der Waals surface area contributed by atoms with E-state index in [1.807, 2.05) is 78.9 Å². The Morgan fingerprint density at radius 2 is 1.68 bits per heavy atom. The molecule has 1 aliphatic heterocycles. The maximum atomic E-state index is 13.2. The molecule has 1 unspecified atom stereocenters. The van der Waals surface area contributed by atoms with Gasteiger partial charge < -0.3 is 20.1 Å². The monoisotopic (exact) mass is 452 g/mol. The Kier molecular flexibility index (Phi) is 5.74. The molecule has 0 saturated heterocycles. The van der Waals surface area contributed by atoms with Crippen molar-refractivity contribution in [1.29, 1.82) is 0 Å². The van der Waals surface area contributed by atoms with Crippen LogP contribution in [-0.4, -0.2) is 29.9 Å². The maximum absolute atomic E-state index is 13.2. The largest absolute Gasteiger partial charge is 0.493 e. The van der Waals surface area contributed by atoms with Gasteiger partial charge in [0, 0.05) is 16.9 Å². The lowest BCUT2D eigenvalue weighted by molar-refractivity contribution is 0.102. The molecule has 1 aliphatic rings. The van der Waals surface area contributed by atoms with Crippen molar-refractivity contribution in [2.24, 2.45) is 0 Å². The fourth-order valence-corrected chi connectivity index (χ4v) is 4.13. The van der Waals surface area contributed by atoms with E-state index < -0.39 is 0 Å². The SMILES string of the molecule is COc1cccc(C2C=C(c3ccccc3)Nc3c(C(=O)Nc4ccccc4)cnn32)c1OC. The topological polar surface area (TPSA) is 77.4 Å². The average molecular weight is 453 g/mol. The summed E-state index contributed by atoms with van der Waals surface area (Å²) in [6.07, 6.45) is 3.66. The van der Waals surface area contributed by atoms with Crippen LogP contribution in [0.5, 0.6) is 11.5 Å². The molecule has 0 radical (unpaired) electrons. The van der Waals surface area contributed by atoms with Crippen molar-refractivity contribution in [3.63, 3.8) is 0 Å². The van der Waals surface area contributed by atoms with E-state index >= 15 is 0 Å². The molecule has 5 rings (SSSR count). The van der Waals surface area contributed by atoms with Crippen molar-refractivity contribution in [3.8, 4) is 11.5 Å². The fourth-order valence-electron chi connectivity index (χ4n) is 4.13. The molecule has 2 heterocycles. The minimum absolute atomic E-state index is 0.245. The van der Waals surface area contributed by atoms with Gasteiger partial charge in [-0.25, -0.2) is 4.68 Å². The number of nitrogens with zero attached hydrogens (tertiary/aromatic N) is 2. The van der Waals surface area contributed by atoms with Crippen molar-refractivity contribution in [2.45, 2.75) is 6.04 Å². The summed E-state index contributed by atoms with van der Waals surface area (Å²) in [7, 11) is 3.23. The van der Waals surface area contributed by atoms with Gasteiger partial charge >= 0.3 is 0 Å². The summed E-state index contributed by atoms with van der Waals surface area (Å²) < 4.78 is 13.0. The standard InChI is InChI=1S/C27H24N4O3/c1-33-24-15-9-14-20(25(24)34-2)23-16-22(18-10-5-3-6-11-18)30-26-21(17-28-31(23)26)27(32)29-19-12-7-4-8-13-19/h3-17,23,30H,1-2H3,(H,29,32). The van der Waals surface area contributed by atoms with Gasteiger partial charge in [0.05, 0.1) is 20.4 Å². The summed E-state index contributed by atoms with van der Waals surface area (Å²) in [4.78, 5) is 13.2. The normalized spacial score (nSPS) is 14.4. The molecular weight excluding hydrogens is 428 g/mol. The molecule has 4 aromatic rings. The lowest BCUT2D eigenvalue weighted by Crippen LogP contribution is -2.22. The predicted octanol–water partition coefficient (Wildman–Crippen LogP) is 5.21. The second-order valence-electron chi connectivity index (χ2n) is 7.77. The van der Waals surface area contributed by atoms with Crippen molar-refractivity contribution in [1.82, 2.24) is 9.78 Å². The number of ether oxygens (including phenoxy) is 2. The second kappa shape index (κ2) is 9.15. The van der Waals surface area contributed by atoms with Gasteiger partial charge in [-0.15, -0.1) is 0 Å². The number of anilines is 2. The van der Waals surface area contributed by atoms with Crippen LogP contribution in [0.2, 0.25) is 0 Å². The highest BCUT2D eigenvalue weighted by atomic mass is 16.5. The number of amides is 1. The van der Waals surface area contributed by atoms with E-state index in [2.05, 4.69) is 21.8 Å². The van der Waals surface area contributed by atoms with Crippen LogP contribution in [0.1, 0.15) is 27.5 Å². The highest BCUT2D eigenvalue weighted by Crippen LogP contribution is 2.41. The van der Waals surface area contributed by atoms with E-state index in [9.17, 15) is 4.79 Å². The van der Waals surface area contributed by atoms with Crippen molar-refractivity contribution < 1.29 is 14.3 Å². The van der Waals surface area contributed by atoms with Crippen LogP contribution >= 0.6 is 0 Å². The smallest absolute Gasteiger partial charge is 0.261 e. The lowest BCUT2D eigenvalue weighted by Gasteiger charge is -2.27. The number of allylic oxidation sites excluding steroid dienone is 1. The number of aromatic nitrogens is 2. The van der Waals surface area contributed by atoms with Crippen molar-refractivity contribution in [3.05, 3.63) is 108 Å². The molecule has 0 fully saturated rings. The molecule has 0 saturated carbocycles. The zero-order chi connectivity index (χ0) is 23.5. The Morgan fingerprint density at radius 1 is 0.941 bits per heavy atom. The number of methoxy groups -OCH3 is 2. The summed E-state index contributed by atoms with van der Waals surface area (Å²) in [5.74, 6) is 1.61. The van der Waals surface area contributed by atoms with E-state index in [1.165, 1.54) is 0 Å². The number of hydrogen-bond donors (Lipinski definition) is 2. The quantitative estimate of drug-likeness (QED) is 0.420. The molecule has 1 amide bonds. The highest BCUT2D eigenvalue weighted by molar-refractivity contribution is 6.08. The van der Waals surface area contributed by atoms with Gasteiger partial charge in [-0.3, -0.25) is 4.79 Å². The van der Waals surface area contributed by atoms with E-state index in [1.54, 1.807) is 25.1 Å². The van der Waals surface area contributed by atoms with Crippen LogP contribution < -0.4 is 20.1 Å². The number of fused-ring (bicyclic) bond motifs is 1. The summed E-state index contributed by atoms with van der Waals surface area (Å²) in [5, 5.41) is 11.0. The predicted molar refractivity (Wildman–Crippen MR) is 132 cm³/mol. The van der Waals surface area contributed by atoms with Crippen LogP contribution in [0.25, 0.3) is 5.70 Å². The summed E-state index contributed by atoms with van der Waals surface area (Å²) in [6.45, 7) is 0. The fraction of sp³-hybridized carbons (Fsp3) is 0.111. The van der Waals surface area contributed by atoms with Gasteiger partial charge in [0.15, 0.2) is 11.5 Å². The maximum Gasteiger partial charge on any atom is 0.261 e. The summed E-state index contributed by atoms with van der Waals surface area (Å²) >= 11 is 0. The molecule has 0 bridgehead atoms. The number of hydrogen-bond acceptors (Lipinski definition) is 5. The lowest BCUT2D eigenvalue weighted by atomic mass is 9.99. The van der Waals surface area contributed by atoms with Gasteiger partial charge in [-0.2, -0.15) is 5.10 Å². The molecular formula is C27H24N4O3. The number of rotatable bonds is 6. The first-order valence-electron chi connectivity index (χ1n) is 10.9. The summed E-state index contributed by atoms with van der Waals surface area (Å²) in [5.41, 5.74) is 3.90. The second-order valence-corrected chi connectivity index (χ2v) is 7.77. The average Bonchev–Trinajstić information content (AvgIpc) is 3.33. The molecule has 34 heavy (non-hydrogen) atoms. The molecule has 0 spiro atoms. The van der Waals surface area contributed by atoms with E-state index in [4.69, 9.17) is 9.47 Å². The zero-order valence-corrected chi connectivity index (χ0v) is 18.9. The van der Waals surface area contributed by atoms with Gasteiger partial charge in [0.2, 0.25) is 0 Å². The molecule has 0 aliphatic carbocycles. The van der Waals surface area contributed by atoms with Crippen LogP contribution in [0.4, 0.5) is 11.5 Å². The van der Waals surface area contributed by atoms with Crippen molar-refractivity contribution >= 4 is 23.1 Å². The zero-order valence-electron chi connectivity index (χ0n) is 18.9. The van der Waals surface area contributed by atoms with Crippen LogP contribution in [0, 0.1) is 0 Å². The minimum Gasteiger partial charge on any atom is -0.493 e. The van der Waals surface area contributed by atoms with Gasteiger partial charge in [-0.05, 0) is 29.8 Å². The number of para-hydroxylation sites is 2. The van der Waals surface area contributed by atoms with Gasteiger partial charge in [-0.1, -0.05) is 60.7 Å². The third-order valence-electron chi connectivity index (χ3n) is 5.75. The van der Waals surface area contributed by atoms with Gasteiger partial charge in [0.25, 0.3) is 5.91 Å². The molecule has 170 valence electrons. The molecule has 3 aromatic carbocycles. The number of nitrogens with one attached hydrogen (secondary N) is 2. The minimum atomic E-state index is -0.324. The van der Waals surface area contributed by atoms with Crippen molar-refractivity contribution in [2.75, 3.05) is 24.9 Å². The van der Waals surface area contributed by atoms with E-state index in [0.29, 0.717) is 28.6 Å². The summed E-state index contributed by atoms with van der Waals surface area (Å²) in [6, 6.07) is 24.8. The molecule has 7 nitrogen and oxygen atoms in total. The number of carbonyl (C=O) groups excluding carboxylic acids is 1. The first-order valence-corrected chi connectivity index (χ1v) is 10.9. The molecule has 1 aromatic heterocycles. The van der Waals surface area contributed by atoms with E-state index in [-0.39, 0.29) is 11.9 Å². The first kappa shape index (κ1) is 21.3. The third kappa shape index (κ3) is 3.88. The Balaban J connectivity index is 1.62. The highest BCUT2D eigenvalue weighted by Gasteiger charge is 2.30. The Morgan fingerprint density at radius 3 is 2.38 bits per heavy atom. The Labute approximate surface area is 197 Å². The Hall–Kier alpha value is -4.52. The Bertz CT molecular complexity index is 1350. The first-order chi connectivity index (χ1) is 16.7. The molecule has 2 N–H and O–H groups in total. The number of benzene rings is 3. The van der Waals surface area contributed by atoms with Crippen LogP contribution in [0.15, 0.2) is 91.1 Å².